The third kappa shape index (κ3) is 4.11. The van der Waals surface area contributed by atoms with Gasteiger partial charge in [-0.1, -0.05) is 19.1 Å². The first-order chi connectivity index (χ1) is 10.6. The minimum absolute atomic E-state index is 0.0103. The maximum atomic E-state index is 13.4. The molecule has 0 saturated heterocycles. The molecule has 116 valence electrons. The summed E-state index contributed by atoms with van der Waals surface area (Å²) in [7, 11) is 0. The minimum atomic E-state index is -0.569. The standard InChI is InChI=1S/C15H16FN3O2S/c1-2-13-19-9-12(22-13)15(21)18-8-7-17-14(20)10-5-3-4-6-11(10)16/h3-6,9H,2,7-8H2,1H3,(H,17,20)(H,18,21). The van der Waals surface area contributed by atoms with E-state index in [2.05, 4.69) is 15.6 Å². The number of carbonyl (C=O) groups excluding carboxylic acids is 2. The number of hydrogen-bond donors (Lipinski definition) is 2. The van der Waals surface area contributed by atoms with Crippen LogP contribution in [0.4, 0.5) is 4.39 Å². The average molecular weight is 321 g/mol. The Bertz CT molecular complexity index is 672. The van der Waals surface area contributed by atoms with Crippen LogP contribution < -0.4 is 10.6 Å². The predicted molar refractivity (Wildman–Crippen MR) is 82.6 cm³/mol. The monoisotopic (exact) mass is 321 g/mol. The van der Waals surface area contributed by atoms with E-state index in [-0.39, 0.29) is 24.6 Å². The van der Waals surface area contributed by atoms with E-state index in [1.807, 2.05) is 6.92 Å². The predicted octanol–water partition coefficient (Wildman–Crippen LogP) is 2.00. The van der Waals surface area contributed by atoms with Crippen molar-refractivity contribution in [2.24, 2.45) is 0 Å². The summed E-state index contributed by atoms with van der Waals surface area (Å²) in [5.74, 6) is -1.29. The molecule has 1 aromatic carbocycles. The maximum Gasteiger partial charge on any atom is 0.263 e. The van der Waals surface area contributed by atoms with Gasteiger partial charge >= 0.3 is 0 Å². The Labute approximate surface area is 131 Å². The SMILES string of the molecule is CCc1ncc(C(=O)NCCNC(=O)c2ccccc2F)s1. The summed E-state index contributed by atoms with van der Waals surface area (Å²) in [4.78, 5) is 28.2. The van der Waals surface area contributed by atoms with Crippen LogP contribution in [0.1, 0.15) is 32.0 Å². The van der Waals surface area contributed by atoms with E-state index >= 15 is 0 Å². The molecule has 2 rings (SSSR count). The molecule has 0 spiro atoms. The minimum Gasteiger partial charge on any atom is -0.350 e. The molecule has 1 aromatic heterocycles. The molecule has 0 aliphatic carbocycles. The van der Waals surface area contributed by atoms with Gasteiger partial charge in [-0.3, -0.25) is 9.59 Å². The highest BCUT2D eigenvalue weighted by Gasteiger charge is 2.11. The van der Waals surface area contributed by atoms with Crippen LogP contribution in [0.5, 0.6) is 0 Å². The number of amides is 2. The number of halogens is 1. The van der Waals surface area contributed by atoms with E-state index in [1.54, 1.807) is 6.07 Å². The summed E-state index contributed by atoms with van der Waals surface area (Å²) in [6, 6.07) is 5.75. The van der Waals surface area contributed by atoms with Crippen molar-refractivity contribution in [2.45, 2.75) is 13.3 Å². The van der Waals surface area contributed by atoms with Crippen LogP contribution in [0.25, 0.3) is 0 Å². The highest BCUT2D eigenvalue weighted by Crippen LogP contribution is 2.12. The molecule has 0 unspecified atom stereocenters. The number of thiazole rings is 1. The summed E-state index contributed by atoms with van der Waals surface area (Å²) >= 11 is 1.34. The van der Waals surface area contributed by atoms with Crippen LogP contribution >= 0.6 is 11.3 Å². The van der Waals surface area contributed by atoms with Gasteiger partial charge in [-0.05, 0) is 18.6 Å². The zero-order valence-electron chi connectivity index (χ0n) is 12.1. The Balaban J connectivity index is 1.76. The molecule has 0 radical (unpaired) electrons. The highest BCUT2D eigenvalue weighted by molar-refractivity contribution is 7.13. The lowest BCUT2D eigenvalue weighted by Gasteiger charge is -2.06. The van der Waals surface area contributed by atoms with Crippen molar-refractivity contribution >= 4 is 23.2 Å². The zero-order chi connectivity index (χ0) is 15.9. The van der Waals surface area contributed by atoms with Crippen LogP contribution in [-0.2, 0) is 6.42 Å². The first-order valence-corrected chi connectivity index (χ1v) is 7.69. The molecular formula is C15H16FN3O2S. The van der Waals surface area contributed by atoms with Gasteiger partial charge in [0.1, 0.15) is 10.7 Å². The molecular weight excluding hydrogens is 305 g/mol. The van der Waals surface area contributed by atoms with E-state index in [1.165, 1.54) is 35.7 Å². The van der Waals surface area contributed by atoms with Gasteiger partial charge in [0.15, 0.2) is 0 Å². The molecule has 2 aromatic rings. The van der Waals surface area contributed by atoms with Crippen molar-refractivity contribution in [3.05, 3.63) is 51.7 Å². The second kappa shape index (κ2) is 7.65. The Kier molecular flexibility index (Phi) is 5.60. The summed E-state index contributed by atoms with van der Waals surface area (Å²) in [5.41, 5.74) is -0.0103. The molecule has 5 nitrogen and oxygen atoms in total. The van der Waals surface area contributed by atoms with E-state index in [4.69, 9.17) is 0 Å². The molecule has 2 amide bonds. The molecule has 2 N–H and O–H groups in total. The number of hydrogen-bond acceptors (Lipinski definition) is 4. The Morgan fingerprint density at radius 1 is 1.18 bits per heavy atom. The van der Waals surface area contributed by atoms with Gasteiger partial charge in [0.05, 0.1) is 16.8 Å². The Hall–Kier alpha value is -2.28. The highest BCUT2D eigenvalue weighted by atomic mass is 32.1. The lowest BCUT2D eigenvalue weighted by Crippen LogP contribution is -2.34. The van der Waals surface area contributed by atoms with Crippen LogP contribution in [0.15, 0.2) is 30.5 Å². The molecule has 0 aliphatic rings. The largest absolute Gasteiger partial charge is 0.350 e. The second-order valence-electron chi connectivity index (χ2n) is 4.46. The van der Waals surface area contributed by atoms with Gasteiger partial charge in [0, 0.05) is 13.1 Å². The van der Waals surface area contributed by atoms with Gasteiger partial charge in [0.25, 0.3) is 11.8 Å². The number of rotatable bonds is 6. The van der Waals surface area contributed by atoms with E-state index in [0.717, 1.165) is 11.4 Å². The normalized spacial score (nSPS) is 10.3. The molecule has 22 heavy (non-hydrogen) atoms. The van der Waals surface area contributed by atoms with Crippen molar-refractivity contribution < 1.29 is 14.0 Å². The van der Waals surface area contributed by atoms with Gasteiger partial charge in [0.2, 0.25) is 0 Å². The van der Waals surface area contributed by atoms with Gasteiger partial charge < -0.3 is 10.6 Å². The van der Waals surface area contributed by atoms with E-state index < -0.39 is 11.7 Å². The summed E-state index contributed by atoms with van der Waals surface area (Å²) in [6.45, 7) is 2.45. The van der Waals surface area contributed by atoms with Crippen molar-refractivity contribution in [3.63, 3.8) is 0 Å². The molecule has 0 atom stereocenters. The number of aryl methyl sites for hydroxylation is 1. The van der Waals surface area contributed by atoms with Crippen molar-refractivity contribution in [3.8, 4) is 0 Å². The number of nitrogens with one attached hydrogen (secondary N) is 2. The quantitative estimate of drug-likeness (QED) is 0.800. The number of benzene rings is 1. The van der Waals surface area contributed by atoms with Crippen LogP contribution in [0.3, 0.4) is 0 Å². The Morgan fingerprint density at radius 2 is 1.86 bits per heavy atom. The summed E-state index contributed by atoms with van der Waals surface area (Å²) in [5, 5.41) is 6.14. The summed E-state index contributed by atoms with van der Waals surface area (Å²) in [6.07, 6.45) is 2.33. The van der Waals surface area contributed by atoms with Gasteiger partial charge in [-0.2, -0.15) is 0 Å². The fourth-order valence-corrected chi connectivity index (χ4v) is 2.53. The molecule has 0 saturated carbocycles. The Morgan fingerprint density at radius 3 is 2.50 bits per heavy atom. The van der Waals surface area contributed by atoms with Crippen LogP contribution in [0, 0.1) is 5.82 Å². The number of nitrogens with zero attached hydrogens (tertiary/aromatic N) is 1. The molecule has 0 fully saturated rings. The molecule has 0 aliphatic heterocycles. The van der Waals surface area contributed by atoms with Gasteiger partial charge in [-0.15, -0.1) is 11.3 Å². The van der Waals surface area contributed by atoms with E-state index in [0.29, 0.717) is 4.88 Å². The van der Waals surface area contributed by atoms with Crippen molar-refractivity contribution in [1.29, 1.82) is 0 Å². The molecule has 7 heteroatoms. The lowest BCUT2D eigenvalue weighted by atomic mass is 10.2. The fraction of sp³-hybridized carbons (Fsp3) is 0.267. The van der Waals surface area contributed by atoms with Crippen LogP contribution in [0.2, 0.25) is 0 Å². The molecule has 1 heterocycles. The summed E-state index contributed by atoms with van der Waals surface area (Å²) < 4.78 is 13.4. The van der Waals surface area contributed by atoms with Crippen molar-refractivity contribution in [2.75, 3.05) is 13.1 Å². The number of carbonyl (C=O) groups is 2. The van der Waals surface area contributed by atoms with Crippen molar-refractivity contribution in [1.82, 2.24) is 15.6 Å². The topological polar surface area (TPSA) is 71.1 Å². The third-order valence-electron chi connectivity index (χ3n) is 2.89. The van der Waals surface area contributed by atoms with E-state index in [9.17, 15) is 14.0 Å². The van der Waals surface area contributed by atoms with Gasteiger partial charge in [-0.25, -0.2) is 9.37 Å². The third-order valence-corrected chi connectivity index (χ3v) is 4.03. The average Bonchev–Trinajstić information content (AvgIpc) is 3.00. The first kappa shape index (κ1) is 16.1. The molecule has 0 bridgehead atoms. The fourth-order valence-electron chi connectivity index (χ4n) is 1.76. The zero-order valence-corrected chi connectivity index (χ0v) is 12.9. The second-order valence-corrected chi connectivity index (χ2v) is 5.58. The van der Waals surface area contributed by atoms with Crippen LogP contribution in [-0.4, -0.2) is 29.9 Å². The maximum absolute atomic E-state index is 13.4. The first-order valence-electron chi connectivity index (χ1n) is 6.87. The lowest BCUT2D eigenvalue weighted by molar-refractivity contribution is 0.0927. The number of aromatic nitrogens is 1. The smallest absolute Gasteiger partial charge is 0.263 e.